The number of hydrogen-bond acceptors (Lipinski definition) is 12. The van der Waals surface area contributed by atoms with Crippen molar-refractivity contribution in [1.29, 1.82) is 0 Å². The van der Waals surface area contributed by atoms with Gasteiger partial charge in [-0.3, -0.25) is 23.7 Å². The van der Waals surface area contributed by atoms with Crippen molar-refractivity contribution in [2.75, 3.05) is 52.7 Å². The fourth-order valence-corrected chi connectivity index (χ4v) is 9.15. The van der Waals surface area contributed by atoms with Crippen molar-refractivity contribution in [3.63, 3.8) is 0 Å². The lowest BCUT2D eigenvalue weighted by Gasteiger charge is -2.36. The number of carboxylic acid groups (broad SMARTS) is 1. The SMILES string of the molecule is CCn1nc(CCCOC(=O)c2ccc(C(=O)O)cc2)c2c1C(=O)NCC1(CCOCC1)C2.CCn1nc(CCCOC(=O)c2ccc(C=O)cc2)c2c1C(=O)NCC1(CCOCC1)C2. The van der Waals surface area contributed by atoms with E-state index >= 15 is 0 Å². The Balaban J connectivity index is 0.000000194. The van der Waals surface area contributed by atoms with Gasteiger partial charge in [0.05, 0.1) is 41.3 Å². The molecule has 65 heavy (non-hydrogen) atoms. The van der Waals surface area contributed by atoms with Gasteiger partial charge < -0.3 is 34.7 Å². The lowest BCUT2D eigenvalue weighted by atomic mass is 9.75. The molecule has 2 saturated heterocycles. The van der Waals surface area contributed by atoms with E-state index in [4.69, 9.17) is 34.3 Å². The molecule has 2 spiro atoms. The second-order valence-electron chi connectivity index (χ2n) is 17.2. The quantitative estimate of drug-likeness (QED) is 0.0858. The smallest absolute Gasteiger partial charge is 0.338 e. The van der Waals surface area contributed by atoms with Gasteiger partial charge in [-0.15, -0.1) is 0 Å². The third-order valence-corrected chi connectivity index (χ3v) is 13.0. The number of aromatic carboxylic acids is 1. The van der Waals surface area contributed by atoms with Crippen LogP contribution in [0.25, 0.3) is 0 Å². The highest BCUT2D eigenvalue weighted by molar-refractivity contribution is 5.96. The van der Waals surface area contributed by atoms with Gasteiger partial charge in [0.25, 0.3) is 11.8 Å². The van der Waals surface area contributed by atoms with Crippen LogP contribution in [0.2, 0.25) is 0 Å². The number of esters is 2. The molecule has 346 valence electrons. The van der Waals surface area contributed by atoms with E-state index in [1.165, 1.54) is 24.3 Å². The van der Waals surface area contributed by atoms with E-state index in [9.17, 15) is 28.8 Å². The minimum atomic E-state index is -1.04. The summed E-state index contributed by atoms with van der Waals surface area (Å²) in [5.41, 5.74) is 6.49. The average Bonchev–Trinajstić information content (AvgIpc) is 3.77. The monoisotopic (exact) mass is 894 g/mol. The van der Waals surface area contributed by atoms with Gasteiger partial charge in [-0.2, -0.15) is 10.2 Å². The van der Waals surface area contributed by atoms with E-state index in [0.717, 1.165) is 67.3 Å². The maximum atomic E-state index is 12.9. The first-order valence-electron chi connectivity index (χ1n) is 22.6. The second kappa shape index (κ2) is 21.2. The Labute approximate surface area is 377 Å². The van der Waals surface area contributed by atoms with Crippen molar-refractivity contribution in [2.24, 2.45) is 10.8 Å². The van der Waals surface area contributed by atoms with Crippen molar-refractivity contribution in [3.8, 4) is 0 Å². The normalized spacial score (nSPS) is 17.3. The Morgan fingerprint density at radius 3 is 1.46 bits per heavy atom. The molecule has 3 N–H and O–H groups in total. The van der Waals surface area contributed by atoms with E-state index in [1.807, 2.05) is 13.8 Å². The lowest BCUT2D eigenvalue weighted by Crippen LogP contribution is -2.40. The molecule has 17 nitrogen and oxygen atoms in total. The van der Waals surface area contributed by atoms with Crippen molar-refractivity contribution >= 4 is 36.0 Å². The van der Waals surface area contributed by atoms with Gasteiger partial charge in [-0.1, -0.05) is 12.1 Å². The van der Waals surface area contributed by atoms with Crippen molar-refractivity contribution < 1.29 is 52.8 Å². The fourth-order valence-electron chi connectivity index (χ4n) is 9.15. The number of ether oxygens (including phenoxy) is 4. The number of hydrogen-bond donors (Lipinski definition) is 3. The number of aldehydes is 1. The van der Waals surface area contributed by atoms with Crippen LogP contribution in [0, 0.1) is 10.8 Å². The van der Waals surface area contributed by atoms with Crippen LogP contribution in [-0.4, -0.2) is 113 Å². The molecule has 4 aromatic rings. The largest absolute Gasteiger partial charge is 0.478 e. The van der Waals surface area contributed by atoms with Gasteiger partial charge in [-0.25, -0.2) is 14.4 Å². The van der Waals surface area contributed by atoms with Crippen LogP contribution in [0.3, 0.4) is 0 Å². The predicted octanol–water partition coefficient (Wildman–Crippen LogP) is 5.06. The van der Waals surface area contributed by atoms with Gasteiger partial charge in [0, 0.05) is 69.3 Å². The summed E-state index contributed by atoms with van der Waals surface area (Å²) in [5.74, 6) is -2.09. The number of amides is 2. The summed E-state index contributed by atoms with van der Waals surface area (Å²) >= 11 is 0. The average molecular weight is 895 g/mol. The van der Waals surface area contributed by atoms with Crippen LogP contribution >= 0.6 is 0 Å². The van der Waals surface area contributed by atoms with E-state index in [-0.39, 0.29) is 41.4 Å². The zero-order valence-electron chi connectivity index (χ0n) is 37.2. The first kappa shape index (κ1) is 46.8. The van der Waals surface area contributed by atoms with Crippen LogP contribution in [0.1, 0.15) is 137 Å². The van der Waals surface area contributed by atoms with E-state index in [2.05, 4.69) is 10.6 Å². The maximum absolute atomic E-state index is 12.9. The molecular weight excluding hydrogens is 837 g/mol. The Morgan fingerprint density at radius 2 is 1.08 bits per heavy atom. The minimum Gasteiger partial charge on any atom is -0.478 e. The Morgan fingerprint density at radius 1 is 0.677 bits per heavy atom. The summed E-state index contributed by atoms with van der Waals surface area (Å²) in [5, 5.41) is 24.6. The number of nitrogens with one attached hydrogen (secondary N) is 2. The van der Waals surface area contributed by atoms with Crippen LogP contribution in [0.4, 0.5) is 0 Å². The highest BCUT2D eigenvalue weighted by Gasteiger charge is 2.41. The summed E-state index contributed by atoms with van der Waals surface area (Å²) in [7, 11) is 0. The van der Waals surface area contributed by atoms with Crippen molar-refractivity contribution in [3.05, 3.63) is 105 Å². The Bertz CT molecular complexity index is 2360. The molecule has 0 aliphatic carbocycles. The molecule has 4 aliphatic heterocycles. The molecule has 4 aliphatic rings. The fraction of sp³-hybridized carbons (Fsp3) is 0.500. The summed E-state index contributed by atoms with van der Waals surface area (Å²) in [6, 6.07) is 12.0. The van der Waals surface area contributed by atoms with Crippen molar-refractivity contribution in [2.45, 2.75) is 91.1 Å². The maximum Gasteiger partial charge on any atom is 0.338 e. The third-order valence-electron chi connectivity index (χ3n) is 13.0. The Kier molecular flexibility index (Phi) is 15.3. The minimum absolute atomic E-state index is 0.00958. The van der Waals surface area contributed by atoms with Gasteiger partial charge >= 0.3 is 17.9 Å². The molecule has 0 unspecified atom stereocenters. The molecule has 0 radical (unpaired) electrons. The number of rotatable bonds is 14. The number of carbonyl (C=O) groups is 6. The zero-order chi connectivity index (χ0) is 46.0. The molecule has 0 saturated carbocycles. The molecule has 0 bridgehead atoms. The molecule has 2 fully saturated rings. The van der Waals surface area contributed by atoms with Gasteiger partial charge in [0.2, 0.25) is 0 Å². The van der Waals surface area contributed by atoms with E-state index in [1.54, 1.807) is 33.6 Å². The van der Waals surface area contributed by atoms with Crippen LogP contribution < -0.4 is 10.6 Å². The zero-order valence-corrected chi connectivity index (χ0v) is 37.2. The second-order valence-corrected chi connectivity index (χ2v) is 17.2. The number of carboxylic acids is 1. The summed E-state index contributed by atoms with van der Waals surface area (Å²) in [4.78, 5) is 71.9. The molecule has 2 aromatic carbocycles. The van der Waals surface area contributed by atoms with Gasteiger partial charge in [0.1, 0.15) is 17.7 Å². The number of aryl methyl sites for hydroxylation is 4. The lowest BCUT2D eigenvalue weighted by molar-refractivity contribution is 0.0159. The first-order chi connectivity index (χ1) is 31.5. The van der Waals surface area contributed by atoms with Crippen LogP contribution in [0.5, 0.6) is 0 Å². The molecule has 2 amide bonds. The molecule has 0 atom stereocenters. The highest BCUT2D eigenvalue weighted by Crippen LogP contribution is 2.39. The predicted molar refractivity (Wildman–Crippen MR) is 235 cm³/mol. The molecule has 17 heteroatoms. The van der Waals surface area contributed by atoms with Crippen molar-refractivity contribution in [1.82, 2.24) is 30.2 Å². The van der Waals surface area contributed by atoms with Gasteiger partial charge in [-0.05, 0) is 125 Å². The number of benzene rings is 2. The number of carbonyl (C=O) groups excluding carboxylic acids is 5. The third kappa shape index (κ3) is 11.0. The summed E-state index contributed by atoms with van der Waals surface area (Å²) < 4.78 is 25.4. The molecule has 2 aromatic heterocycles. The first-order valence-corrected chi connectivity index (χ1v) is 22.6. The van der Waals surface area contributed by atoms with E-state index < -0.39 is 17.9 Å². The highest BCUT2D eigenvalue weighted by atomic mass is 16.5. The van der Waals surface area contributed by atoms with Crippen LogP contribution in [-0.2, 0) is 57.7 Å². The van der Waals surface area contributed by atoms with E-state index in [0.29, 0.717) is 106 Å². The standard InChI is InChI=1S/C24H29N3O6.C24H29N3O5/c1-2-27-20-18(14-24(15-25-21(20)28)9-12-32-13-10-24)19(26-27)4-3-11-33-23(31)17-7-5-16(6-8-17)22(29)30;1-2-27-21-19(14-24(16-25-22(21)29)9-12-31-13-10-24)20(26-27)4-3-11-32-23(30)18-7-5-17(15-28)6-8-18/h5-8H,2-4,9-15H2,1H3,(H,25,28)(H,29,30);5-8,15H,2-4,9-14,16H2,1H3,(H,25,29). The Hall–Kier alpha value is -6.20. The topological polar surface area (TPSA) is 219 Å². The number of aromatic nitrogens is 4. The van der Waals surface area contributed by atoms with Gasteiger partial charge in [0.15, 0.2) is 0 Å². The molecular formula is C48H58N6O11. The van der Waals surface area contributed by atoms with Crippen LogP contribution in [0.15, 0.2) is 48.5 Å². The number of fused-ring (bicyclic) bond motifs is 2. The summed E-state index contributed by atoms with van der Waals surface area (Å²) in [6.07, 6.45) is 8.40. The number of nitrogens with zero attached hydrogens (tertiary/aromatic N) is 4. The molecule has 6 heterocycles. The molecule has 8 rings (SSSR count). The summed E-state index contributed by atoms with van der Waals surface area (Å²) in [6.45, 7) is 9.78.